The van der Waals surface area contributed by atoms with Crippen molar-refractivity contribution in [3.63, 3.8) is 0 Å². The molecule has 2 rings (SSSR count). The molecule has 0 saturated heterocycles. The number of hydrogen-bond donors (Lipinski definition) is 2. The predicted octanol–water partition coefficient (Wildman–Crippen LogP) is 3.72. The molecule has 1 saturated carbocycles. The maximum absolute atomic E-state index is 11.7. The summed E-state index contributed by atoms with van der Waals surface area (Å²) in [7, 11) is 0. The molecule has 98 valence electrons. The van der Waals surface area contributed by atoms with E-state index in [1.807, 2.05) is 30.5 Å². The average molecular weight is 264 g/mol. The van der Waals surface area contributed by atoms with E-state index in [4.69, 9.17) is 0 Å². The minimum Gasteiger partial charge on any atom is -0.338 e. The summed E-state index contributed by atoms with van der Waals surface area (Å²) in [6.07, 6.45) is 7.15. The number of rotatable bonds is 4. The second-order valence-corrected chi connectivity index (χ2v) is 5.60. The maximum atomic E-state index is 11.7. The van der Waals surface area contributed by atoms with Gasteiger partial charge >= 0.3 is 6.03 Å². The highest BCUT2D eigenvalue weighted by molar-refractivity contribution is 7.98. The summed E-state index contributed by atoms with van der Waals surface area (Å²) < 4.78 is 0. The number of urea groups is 1. The van der Waals surface area contributed by atoms with Crippen LogP contribution < -0.4 is 10.6 Å². The van der Waals surface area contributed by atoms with Gasteiger partial charge in [0.1, 0.15) is 0 Å². The van der Waals surface area contributed by atoms with E-state index >= 15 is 0 Å². The molecule has 0 aromatic heterocycles. The molecule has 1 aromatic carbocycles. The Morgan fingerprint density at radius 2 is 2.17 bits per heavy atom. The Balaban J connectivity index is 1.78. The van der Waals surface area contributed by atoms with Crippen LogP contribution in [0.4, 0.5) is 10.5 Å². The molecule has 1 aliphatic carbocycles. The van der Waals surface area contributed by atoms with E-state index in [-0.39, 0.29) is 6.03 Å². The summed E-state index contributed by atoms with van der Waals surface area (Å²) in [5, 5.41) is 5.83. The number of amides is 2. The minimum atomic E-state index is -0.0971. The van der Waals surface area contributed by atoms with Crippen LogP contribution in [0.5, 0.6) is 0 Å². The molecule has 0 aliphatic heterocycles. The highest BCUT2D eigenvalue weighted by Gasteiger charge is 2.15. The predicted molar refractivity (Wildman–Crippen MR) is 77.2 cm³/mol. The number of nitrogens with one attached hydrogen (secondary N) is 2. The van der Waals surface area contributed by atoms with Crippen LogP contribution in [0.1, 0.15) is 25.7 Å². The molecule has 0 spiro atoms. The molecule has 2 N–H and O–H groups in total. The number of carbonyl (C=O) groups is 1. The number of benzene rings is 1. The number of anilines is 1. The SMILES string of the molecule is CSc1cccc(NC(=O)NCC2CCCC2)c1. The van der Waals surface area contributed by atoms with Gasteiger partial charge in [0.25, 0.3) is 0 Å². The van der Waals surface area contributed by atoms with Gasteiger partial charge in [0.15, 0.2) is 0 Å². The van der Waals surface area contributed by atoms with Gasteiger partial charge in [-0.25, -0.2) is 4.79 Å². The van der Waals surface area contributed by atoms with E-state index < -0.39 is 0 Å². The maximum Gasteiger partial charge on any atom is 0.319 e. The zero-order valence-corrected chi connectivity index (χ0v) is 11.6. The van der Waals surface area contributed by atoms with Crippen LogP contribution in [0.15, 0.2) is 29.2 Å². The third-order valence-corrected chi connectivity index (χ3v) is 4.08. The molecule has 1 aromatic rings. The van der Waals surface area contributed by atoms with Crippen LogP contribution >= 0.6 is 11.8 Å². The van der Waals surface area contributed by atoms with Gasteiger partial charge in [-0.2, -0.15) is 0 Å². The summed E-state index contributed by atoms with van der Waals surface area (Å²) >= 11 is 1.67. The smallest absolute Gasteiger partial charge is 0.319 e. The van der Waals surface area contributed by atoms with Crippen molar-refractivity contribution in [2.45, 2.75) is 30.6 Å². The molecular formula is C14H20N2OS. The highest BCUT2D eigenvalue weighted by Crippen LogP contribution is 2.23. The Morgan fingerprint density at radius 1 is 1.39 bits per heavy atom. The lowest BCUT2D eigenvalue weighted by atomic mass is 10.1. The molecule has 4 heteroatoms. The van der Waals surface area contributed by atoms with Gasteiger partial charge in [-0.3, -0.25) is 0 Å². The van der Waals surface area contributed by atoms with Crippen molar-refractivity contribution in [1.29, 1.82) is 0 Å². The number of carbonyl (C=O) groups excluding carboxylic acids is 1. The van der Waals surface area contributed by atoms with Gasteiger partial charge in [0.05, 0.1) is 0 Å². The second kappa shape index (κ2) is 6.69. The minimum absolute atomic E-state index is 0.0971. The standard InChI is InChI=1S/C14H20N2OS/c1-18-13-8-4-7-12(9-13)16-14(17)15-10-11-5-2-3-6-11/h4,7-9,11H,2-3,5-6,10H2,1H3,(H2,15,16,17). The van der Waals surface area contributed by atoms with Gasteiger partial charge in [-0.15, -0.1) is 11.8 Å². The van der Waals surface area contributed by atoms with E-state index in [9.17, 15) is 4.79 Å². The summed E-state index contributed by atoms with van der Waals surface area (Å²) in [5.41, 5.74) is 0.853. The first-order valence-corrected chi connectivity index (χ1v) is 7.69. The Labute approximate surface area is 113 Å². The van der Waals surface area contributed by atoms with Crippen molar-refractivity contribution >= 4 is 23.5 Å². The van der Waals surface area contributed by atoms with Crippen LogP contribution in [0, 0.1) is 5.92 Å². The molecule has 0 unspecified atom stereocenters. The molecule has 1 aliphatic rings. The lowest BCUT2D eigenvalue weighted by molar-refractivity contribution is 0.250. The summed E-state index contributed by atoms with van der Waals surface area (Å²) in [6.45, 7) is 0.800. The average Bonchev–Trinajstić information content (AvgIpc) is 2.90. The Morgan fingerprint density at radius 3 is 2.89 bits per heavy atom. The van der Waals surface area contributed by atoms with Crippen LogP contribution in [-0.2, 0) is 0 Å². The van der Waals surface area contributed by atoms with Crippen molar-refractivity contribution in [2.24, 2.45) is 5.92 Å². The van der Waals surface area contributed by atoms with E-state index in [2.05, 4.69) is 10.6 Å². The fourth-order valence-corrected chi connectivity index (χ4v) is 2.79. The lowest BCUT2D eigenvalue weighted by Crippen LogP contribution is -2.32. The van der Waals surface area contributed by atoms with Crippen molar-refractivity contribution in [1.82, 2.24) is 5.32 Å². The topological polar surface area (TPSA) is 41.1 Å². The second-order valence-electron chi connectivity index (χ2n) is 4.72. The van der Waals surface area contributed by atoms with Crippen molar-refractivity contribution in [3.05, 3.63) is 24.3 Å². The third kappa shape index (κ3) is 3.95. The van der Waals surface area contributed by atoms with E-state index in [0.29, 0.717) is 5.92 Å². The van der Waals surface area contributed by atoms with Crippen LogP contribution in [0.3, 0.4) is 0 Å². The normalized spacial score (nSPS) is 15.6. The Hall–Kier alpha value is -1.16. The van der Waals surface area contributed by atoms with E-state index in [1.165, 1.54) is 25.7 Å². The first kappa shape index (κ1) is 13.3. The fraction of sp³-hybridized carbons (Fsp3) is 0.500. The molecule has 0 heterocycles. The van der Waals surface area contributed by atoms with Gasteiger partial charge in [0.2, 0.25) is 0 Å². The summed E-state index contributed by atoms with van der Waals surface area (Å²) in [6, 6.07) is 7.79. The Bertz CT molecular complexity index is 403. The van der Waals surface area contributed by atoms with Crippen molar-refractivity contribution in [3.8, 4) is 0 Å². The molecule has 0 atom stereocenters. The zero-order valence-electron chi connectivity index (χ0n) is 10.7. The van der Waals surface area contributed by atoms with Crippen LogP contribution in [0.2, 0.25) is 0 Å². The van der Waals surface area contributed by atoms with Crippen LogP contribution in [0.25, 0.3) is 0 Å². The first-order chi connectivity index (χ1) is 8.78. The van der Waals surface area contributed by atoms with Crippen LogP contribution in [-0.4, -0.2) is 18.8 Å². The van der Waals surface area contributed by atoms with E-state index in [0.717, 1.165) is 17.1 Å². The Kier molecular flexibility index (Phi) is 4.93. The summed E-state index contributed by atoms with van der Waals surface area (Å²) in [5.74, 6) is 0.674. The monoisotopic (exact) mass is 264 g/mol. The molecular weight excluding hydrogens is 244 g/mol. The van der Waals surface area contributed by atoms with Gasteiger partial charge < -0.3 is 10.6 Å². The largest absolute Gasteiger partial charge is 0.338 e. The quantitative estimate of drug-likeness (QED) is 0.814. The van der Waals surface area contributed by atoms with Crippen molar-refractivity contribution in [2.75, 3.05) is 18.1 Å². The first-order valence-electron chi connectivity index (χ1n) is 6.47. The molecule has 1 fully saturated rings. The molecule has 2 amide bonds. The van der Waals surface area contributed by atoms with Gasteiger partial charge in [0, 0.05) is 17.1 Å². The molecule has 0 radical (unpaired) electrons. The number of hydrogen-bond acceptors (Lipinski definition) is 2. The highest BCUT2D eigenvalue weighted by atomic mass is 32.2. The number of thioether (sulfide) groups is 1. The van der Waals surface area contributed by atoms with Gasteiger partial charge in [-0.05, 0) is 43.2 Å². The van der Waals surface area contributed by atoms with Crippen molar-refractivity contribution < 1.29 is 4.79 Å². The zero-order chi connectivity index (χ0) is 12.8. The fourth-order valence-electron chi connectivity index (χ4n) is 2.33. The molecule has 0 bridgehead atoms. The molecule has 3 nitrogen and oxygen atoms in total. The van der Waals surface area contributed by atoms with E-state index in [1.54, 1.807) is 11.8 Å². The van der Waals surface area contributed by atoms with Gasteiger partial charge in [-0.1, -0.05) is 18.9 Å². The summed E-state index contributed by atoms with van der Waals surface area (Å²) in [4.78, 5) is 12.9. The lowest BCUT2D eigenvalue weighted by Gasteiger charge is -2.12. The third-order valence-electron chi connectivity index (χ3n) is 3.35. The molecule has 18 heavy (non-hydrogen) atoms.